The van der Waals surface area contributed by atoms with Crippen molar-refractivity contribution in [3.05, 3.63) is 64.2 Å². The average molecular weight is 299 g/mol. The van der Waals surface area contributed by atoms with Crippen molar-refractivity contribution in [2.45, 2.75) is 6.61 Å². The summed E-state index contributed by atoms with van der Waals surface area (Å²) in [6.45, 7) is -0.210. The van der Waals surface area contributed by atoms with Crippen LogP contribution >= 0.6 is 11.6 Å². The minimum Gasteiger partial charge on any atom is -0.487 e. The van der Waals surface area contributed by atoms with Gasteiger partial charge in [-0.1, -0.05) is 23.7 Å². The fraction of sp³-hybridized carbons (Fsp3) is 0.0714. The van der Waals surface area contributed by atoms with Gasteiger partial charge in [-0.25, -0.2) is 13.6 Å². The number of hydrogen-bond acceptors (Lipinski definition) is 2. The van der Waals surface area contributed by atoms with E-state index >= 15 is 0 Å². The Bertz CT molecular complexity index is 659. The molecule has 0 aliphatic carbocycles. The molecule has 3 nitrogen and oxygen atoms in total. The molecule has 0 unspecified atom stereocenters. The van der Waals surface area contributed by atoms with Crippen LogP contribution in [0.2, 0.25) is 5.02 Å². The van der Waals surface area contributed by atoms with Gasteiger partial charge < -0.3 is 9.84 Å². The van der Waals surface area contributed by atoms with Crippen LogP contribution in [0.1, 0.15) is 15.9 Å². The highest BCUT2D eigenvalue weighted by Gasteiger charge is 2.14. The molecule has 0 amide bonds. The number of carboxylic acids is 1. The lowest BCUT2D eigenvalue weighted by molar-refractivity contribution is 0.0691. The van der Waals surface area contributed by atoms with Gasteiger partial charge in [-0.05, 0) is 24.3 Å². The summed E-state index contributed by atoms with van der Waals surface area (Å²) in [5.74, 6) is -2.54. The van der Waals surface area contributed by atoms with Gasteiger partial charge in [0.1, 0.15) is 24.0 Å². The smallest absolute Gasteiger partial charge is 0.338 e. The van der Waals surface area contributed by atoms with Crippen LogP contribution in [-0.4, -0.2) is 11.1 Å². The van der Waals surface area contributed by atoms with Gasteiger partial charge in [-0.2, -0.15) is 0 Å². The molecule has 20 heavy (non-hydrogen) atoms. The Morgan fingerprint density at radius 2 is 2.00 bits per heavy atom. The molecular formula is C14H9ClF2O3. The maximum absolute atomic E-state index is 13.8. The molecule has 0 aromatic heterocycles. The third-order valence-corrected chi connectivity index (χ3v) is 2.88. The number of carboxylic acid groups (broad SMARTS) is 1. The Balaban J connectivity index is 2.19. The fourth-order valence-electron chi connectivity index (χ4n) is 1.60. The summed E-state index contributed by atoms with van der Waals surface area (Å²) >= 11 is 5.76. The molecule has 6 heteroatoms. The average Bonchev–Trinajstić information content (AvgIpc) is 2.39. The molecular weight excluding hydrogens is 290 g/mol. The highest BCUT2D eigenvalue weighted by atomic mass is 35.5. The van der Waals surface area contributed by atoms with Gasteiger partial charge in [-0.15, -0.1) is 0 Å². The molecule has 0 saturated heterocycles. The second kappa shape index (κ2) is 5.88. The van der Waals surface area contributed by atoms with Gasteiger partial charge in [0, 0.05) is 5.56 Å². The van der Waals surface area contributed by atoms with E-state index in [-0.39, 0.29) is 22.9 Å². The molecule has 0 aliphatic rings. The standard InChI is InChI=1S/C14H9ClF2O3/c15-11-6-9(16)4-5-12(11)20-7-8-2-1-3-10(13(8)17)14(18)19/h1-6H,7H2,(H,18,19). The maximum atomic E-state index is 13.8. The van der Waals surface area contributed by atoms with Crippen molar-refractivity contribution in [2.75, 3.05) is 0 Å². The molecule has 0 spiro atoms. The van der Waals surface area contributed by atoms with Crippen LogP contribution < -0.4 is 4.74 Å². The van der Waals surface area contributed by atoms with E-state index in [4.69, 9.17) is 21.4 Å². The van der Waals surface area contributed by atoms with Crippen LogP contribution in [0.25, 0.3) is 0 Å². The molecule has 2 rings (SSSR count). The van der Waals surface area contributed by atoms with Crippen LogP contribution in [0, 0.1) is 11.6 Å². The van der Waals surface area contributed by atoms with Gasteiger partial charge in [0.05, 0.1) is 10.6 Å². The second-order valence-corrected chi connectivity index (χ2v) is 4.35. The first-order chi connectivity index (χ1) is 9.49. The Labute approximate surface area is 118 Å². The highest BCUT2D eigenvalue weighted by Crippen LogP contribution is 2.26. The third kappa shape index (κ3) is 3.05. The van der Waals surface area contributed by atoms with Crippen molar-refractivity contribution in [3.63, 3.8) is 0 Å². The van der Waals surface area contributed by atoms with Crippen molar-refractivity contribution in [1.29, 1.82) is 0 Å². The Morgan fingerprint density at radius 3 is 2.65 bits per heavy atom. The molecule has 0 bridgehead atoms. The summed E-state index contributed by atoms with van der Waals surface area (Å²) in [5.41, 5.74) is -0.360. The molecule has 0 heterocycles. The van der Waals surface area contributed by atoms with Crippen molar-refractivity contribution >= 4 is 17.6 Å². The van der Waals surface area contributed by atoms with E-state index in [2.05, 4.69) is 0 Å². The highest BCUT2D eigenvalue weighted by molar-refractivity contribution is 6.32. The number of carbonyl (C=O) groups is 1. The van der Waals surface area contributed by atoms with Crippen LogP contribution in [-0.2, 0) is 6.61 Å². The largest absolute Gasteiger partial charge is 0.487 e. The van der Waals surface area contributed by atoms with E-state index in [1.165, 1.54) is 18.2 Å². The van der Waals surface area contributed by atoms with Gasteiger partial charge in [0.15, 0.2) is 0 Å². The minimum absolute atomic E-state index is 0.0554. The zero-order valence-electron chi connectivity index (χ0n) is 10.1. The topological polar surface area (TPSA) is 46.5 Å². The lowest BCUT2D eigenvalue weighted by atomic mass is 10.1. The SMILES string of the molecule is O=C(O)c1cccc(COc2ccc(F)cc2Cl)c1F. The Kier molecular flexibility index (Phi) is 4.20. The molecule has 0 fully saturated rings. The summed E-state index contributed by atoms with van der Waals surface area (Å²) in [5, 5.41) is 8.86. The van der Waals surface area contributed by atoms with E-state index in [0.717, 1.165) is 18.2 Å². The fourth-order valence-corrected chi connectivity index (χ4v) is 1.83. The van der Waals surface area contributed by atoms with Crippen LogP contribution in [0.3, 0.4) is 0 Å². The number of ether oxygens (including phenoxy) is 1. The first-order valence-corrected chi connectivity index (χ1v) is 5.95. The molecule has 0 aliphatic heterocycles. The number of hydrogen-bond donors (Lipinski definition) is 1. The first kappa shape index (κ1) is 14.3. The number of rotatable bonds is 4. The predicted molar refractivity (Wildman–Crippen MR) is 69.1 cm³/mol. The molecule has 0 atom stereocenters. The minimum atomic E-state index is -1.36. The monoisotopic (exact) mass is 298 g/mol. The summed E-state index contributed by atoms with van der Waals surface area (Å²) in [7, 11) is 0. The molecule has 0 saturated carbocycles. The number of aromatic carboxylic acids is 1. The van der Waals surface area contributed by atoms with E-state index in [9.17, 15) is 13.6 Å². The quantitative estimate of drug-likeness (QED) is 0.931. The Hall–Kier alpha value is -2.14. The Morgan fingerprint density at radius 1 is 1.25 bits per heavy atom. The van der Waals surface area contributed by atoms with Crippen LogP contribution in [0.4, 0.5) is 8.78 Å². The molecule has 1 N–H and O–H groups in total. The normalized spacial score (nSPS) is 10.3. The lowest BCUT2D eigenvalue weighted by Crippen LogP contribution is -2.06. The van der Waals surface area contributed by atoms with E-state index < -0.39 is 23.2 Å². The summed E-state index contributed by atoms with van der Waals surface area (Å²) in [6, 6.07) is 7.52. The van der Waals surface area contributed by atoms with E-state index in [0.29, 0.717) is 0 Å². The molecule has 2 aromatic rings. The number of benzene rings is 2. The maximum Gasteiger partial charge on any atom is 0.338 e. The van der Waals surface area contributed by atoms with Gasteiger partial charge in [0.2, 0.25) is 0 Å². The lowest BCUT2D eigenvalue weighted by Gasteiger charge is -2.09. The van der Waals surface area contributed by atoms with Gasteiger partial charge in [-0.3, -0.25) is 0 Å². The predicted octanol–water partition coefficient (Wildman–Crippen LogP) is 3.90. The molecule has 2 aromatic carbocycles. The van der Waals surface area contributed by atoms with E-state index in [1.54, 1.807) is 0 Å². The van der Waals surface area contributed by atoms with Crippen LogP contribution in [0.15, 0.2) is 36.4 Å². The first-order valence-electron chi connectivity index (χ1n) is 5.57. The third-order valence-electron chi connectivity index (χ3n) is 2.59. The van der Waals surface area contributed by atoms with Crippen molar-refractivity contribution < 1.29 is 23.4 Å². The number of halogens is 3. The zero-order valence-corrected chi connectivity index (χ0v) is 10.8. The summed E-state index contributed by atoms with van der Waals surface area (Å²) in [4.78, 5) is 10.8. The summed E-state index contributed by atoms with van der Waals surface area (Å²) in [6.07, 6.45) is 0. The van der Waals surface area contributed by atoms with E-state index in [1.807, 2.05) is 0 Å². The van der Waals surface area contributed by atoms with Gasteiger partial charge >= 0.3 is 5.97 Å². The molecule has 104 valence electrons. The van der Waals surface area contributed by atoms with Crippen LogP contribution in [0.5, 0.6) is 5.75 Å². The van der Waals surface area contributed by atoms with Crippen molar-refractivity contribution in [2.24, 2.45) is 0 Å². The van der Waals surface area contributed by atoms with Crippen molar-refractivity contribution in [3.8, 4) is 5.75 Å². The second-order valence-electron chi connectivity index (χ2n) is 3.95. The zero-order chi connectivity index (χ0) is 14.7. The summed E-state index contributed by atoms with van der Waals surface area (Å²) < 4.78 is 32.0. The molecule has 0 radical (unpaired) electrons. The van der Waals surface area contributed by atoms with Gasteiger partial charge in [0.25, 0.3) is 0 Å². The van der Waals surface area contributed by atoms with Crippen molar-refractivity contribution in [1.82, 2.24) is 0 Å².